The molecule has 2 aromatic rings. The summed E-state index contributed by atoms with van der Waals surface area (Å²) in [4.78, 5) is 11.5. The Balaban J connectivity index is 1.77. The first-order valence-electron chi connectivity index (χ1n) is 5.59. The van der Waals surface area contributed by atoms with E-state index in [-0.39, 0.29) is 12.5 Å². The van der Waals surface area contributed by atoms with Gasteiger partial charge in [0.05, 0.1) is 6.21 Å². The van der Waals surface area contributed by atoms with Crippen molar-refractivity contribution in [1.82, 2.24) is 5.43 Å². The second-order valence-electron chi connectivity index (χ2n) is 3.68. The molecule has 0 spiro atoms. The average molecular weight is 402 g/mol. The number of carbonyl (C=O) groups is 1. The predicted octanol–water partition coefficient (Wildman–Crippen LogP) is 3.33. The number of hydrazone groups is 1. The van der Waals surface area contributed by atoms with Gasteiger partial charge < -0.3 is 9.15 Å². The predicted molar refractivity (Wildman–Crippen MR) is 81.8 cm³/mol. The standard InChI is InChI=1S/C13H10Br2N2O3/c14-9-2-1-3-10(6-9)19-8-13(18)17-16-7-11-4-5-12(15)20-11/h1-7H,8H2,(H,17,18). The van der Waals surface area contributed by atoms with Crippen LogP contribution in [0.1, 0.15) is 5.76 Å². The summed E-state index contributed by atoms with van der Waals surface area (Å²) in [5.41, 5.74) is 2.34. The first kappa shape index (κ1) is 14.8. The maximum atomic E-state index is 11.5. The van der Waals surface area contributed by atoms with Crippen LogP contribution < -0.4 is 10.2 Å². The highest BCUT2D eigenvalue weighted by Crippen LogP contribution is 2.17. The summed E-state index contributed by atoms with van der Waals surface area (Å²) < 4.78 is 12.0. The molecule has 0 atom stereocenters. The van der Waals surface area contributed by atoms with E-state index in [4.69, 9.17) is 9.15 Å². The fourth-order valence-corrected chi connectivity index (χ4v) is 2.00. The molecule has 0 aliphatic carbocycles. The maximum Gasteiger partial charge on any atom is 0.277 e. The minimum absolute atomic E-state index is 0.115. The molecule has 0 radical (unpaired) electrons. The highest BCUT2D eigenvalue weighted by atomic mass is 79.9. The highest BCUT2D eigenvalue weighted by Gasteiger charge is 2.02. The van der Waals surface area contributed by atoms with E-state index in [9.17, 15) is 4.79 Å². The third kappa shape index (κ3) is 4.82. The van der Waals surface area contributed by atoms with Gasteiger partial charge in [-0.2, -0.15) is 5.10 Å². The number of rotatable bonds is 5. The molecule has 0 unspecified atom stereocenters. The van der Waals surface area contributed by atoms with Crippen LogP contribution in [-0.4, -0.2) is 18.7 Å². The van der Waals surface area contributed by atoms with E-state index in [0.717, 1.165) is 4.47 Å². The fourth-order valence-electron chi connectivity index (χ4n) is 1.30. The quantitative estimate of drug-likeness (QED) is 0.617. The van der Waals surface area contributed by atoms with Crippen molar-refractivity contribution < 1.29 is 13.9 Å². The summed E-state index contributed by atoms with van der Waals surface area (Å²) in [5.74, 6) is 0.783. The van der Waals surface area contributed by atoms with Crippen molar-refractivity contribution in [2.24, 2.45) is 5.10 Å². The Morgan fingerprint density at radius 2 is 2.20 bits per heavy atom. The number of amides is 1. The summed E-state index contributed by atoms with van der Waals surface area (Å²) in [6, 6.07) is 10.7. The number of furan rings is 1. The van der Waals surface area contributed by atoms with E-state index in [0.29, 0.717) is 16.2 Å². The molecule has 20 heavy (non-hydrogen) atoms. The van der Waals surface area contributed by atoms with Crippen molar-refractivity contribution in [1.29, 1.82) is 0 Å². The summed E-state index contributed by atoms with van der Waals surface area (Å²) >= 11 is 6.49. The molecule has 0 fully saturated rings. The minimum atomic E-state index is -0.355. The molecule has 5 nitrogen and oxygen atoms in total. The normalized spacial score (nSPS) is 10.7. The maximum absolute atomic E-state index is 11.5. The van der Waals surface area contributed by atoms with Gasteiger partial charge in [-0.1, -0.05) is 22.0 Å². The summed E-state index contributed by atoms with van der Waals surface area (Å²) in [6.07, 6.45) is 1.40. The Bertz CT molecular complexity index is 626. The number of carbonyl (C=O) groups excluding carboxylic acids is 1. The van der Waals surface area contributed by atoms with Crippen molar-refractivity contribution in [2.75, 3.05) is 6.61 Å². The third-order valence-electron chi connectivity index (χ3n) is 2.14. The van der Waals surface area contributed by atoms with Gasteiger partial charge in [-0.25, -0.2) is 5.43 Å². The lowest BCUT2D eigenvalue weighted by Gasteiger charge is -2.04. The van der Waals surface area contributed by atoms with Crippen LogP contribution in [0.4, 0.5) is 0 Å². The Morgan fingerprint density at radius 3 is 2.90 bits per heavy atom. The Morgan fingerprint density at radius 1 is 1.35 bits per heavy atom. The number of hydrogen-bond donors (Lipinski definition) is 1. The molecule has 0 saturated heterocycles. The smallest absolute Gasteiger partial charge is 0.277 e. The molecule has 0 aliphatic heterocycles. The number of nitrogens with one attached hydrogen (secondary N) is 1. The van der Waals surface area contributed by atoms with E-state index in [2.05, 4.69) is 42.4 Å². The van der Waals surface area contributed by atoms with Crippen molar-refractivity contribution in [3.63, 3.8) is 0 Å². The van der Waals surface area contributed by atoms with Gasteiger partial charge in [-0.3, -0.25) is 4.79 Å². The molecule has 0 aliphatic rings. The van der Waals surface area contributed by atoms with Crippen LogP contribution in [0, 0.1) is 0 Å². The number of ether oxygens (including phenoxy) is 1. The van der Waals surface area contributed by atoms with Gasteiger partial charge in [-0.05, 0) is 46.3 Å². The van der Waals surface area contributed by atoms with Gasteiger partial charge in [0, 0.05) is 4.47 Å². The summed E-state index contributed by atoms with van der Waals surface area (Å²) in [7, 11) is 0. The second-order valence-corrected chi connectivity index (χ2v) is 5.38. The van der Waals surface area contributed by atoms with Gasteiger partial charge >= 0.3 is 0 Å². The molecular formula is C13H10Br2N2O3. The Kier molecular flexibility index (Phi) is 5.37. The van der Waals surface area contributed by atoms with Gasteiger partial charge in [0.15, 0.2) is 11.3 Å². The zero-order chi connectivity index (χ0) is 14.4. The van der Waals surface area contributed by atoms with Crippen molar-refractivity contribution in [3.8, 4) is 5.75 Å². The molecular weight excluding hydrogens is 392 g/mol. The zero-order valence-corrected chi connectivity index (χ0v) is 13.3. The molecule has 1 aromatic heterocycles. The zero-order valence-electron chi connectivity index (χ0n) is 10.2. The topological polar surface area (TPSA) is 63.8 Å². The second kappa shape index (κ2) is 7.25. The number of nitrogens with zero attached hydrogens (tertiary/aromatic N) is 1. The van der Waals surface area contributed by atoms with E-state index in [1.807, 2.05) is 12.1 Å². The van der Waals surface area contributed by atoms with Crippen molar-refractivity contribution in [3.05, 3.63) is 51.3 Å². The first-order valence-corrected chi connectivity index (χ1v) is 7.18. The molecule has 2 rings (SSSR count). The molecule has 1 heterocycles. The van der Waals surface area contributed by atoms with E-state index in [1.165, 1.54) is 6.21 Å². The molecule has 1 aromatic carbocycles. The lowest BCUT2D eigenvalue weighted by Crippen LogP contribution is -2.24. The number of halogens is 2. The Hall–Kier alpha value is -1.60. The fraction of sp³-hybridized carbons (Fsp3) is 0.0769. The van der Waals surface area contributed by atoms with E-state index in [1.54, 1.807) is 24.3 Å². The number of benzene rings is 1. The largest absolute Gasteiger partial charge is 0.484 e. The van der Waals surface area contributed by atoms with Crippen LogP contribution in [0.3, 0.4) is 0 Å². The van der Waals surface area contributed by atoms with Crippen molar-refractivity contribution >= 4 is 44.0 Å². The Labute approximate surface area is 132 Å². The first-order chi connectivity index (χ1) is 9.63. The van der Waals surface area contributed by atoms with E-state index >= 15 is 0 Å². The summed E-state index contributed by atoms with van der Waals surface area (Å²) in [6.45, 7) is -0.115. The van der Waals surface area contributed by atoms with Gasteiger partial charge in [0.2, 0.25) is 0 Å². The van der Waals surface area contributed by atoms with Crippen LogP contribution in [0.15, 0.2) is 55.1 Å². The van der Waals surface area contributed by atoms with Crippen LogP contribution in [0.5, 0.6) is 5.75 Å². The van der Waals surface area contributed by atoms with Crippen molar-refractivity contribution in [2.45, 2.75) is 0 Å². The van der Waals surface area contributed by atoms with Crippen LogP contribution in [-0.2, 0) is 4.79 Å². The lowest BCUT2D eigenvalue weighted by atomic mass is 10.3. The highest BCUT2D eigenvalue weighted by molar-refractivity contribution is 9.10. The van der Waals surface area contributed by atoms with Gasteiger partial charge in [0.25, 0.3) is 5.91 Å². The molecule has 0 saturated carbocycles. The van der Waals surface area contributed by atoms with E-state index < -0.39 is 0 Å². The SMILES string of the molecule is O=C(COc1cccc(Br)c1)NN=Cc1ccc(Br)o1. The number of hydrogen-bond acceptors (Lipinski definition) is 4. The van der Waals surface area contributed by atoms with Crippen LogP contribution in [0.2, 0.25) is 0 Å². The van der Waals surface area contributed by atoms with Crippen LogP contribution >= 0.6 is 31.9 Å². The summed E-state index contributed by atoms with van der Waals surface area (Å²) in [5, 5.41) is 3.76. The molecule has 1 amide bonds. The molecule has 7 heteroatoms. The average Bonchev–Trinajstić information content (AvgIpc) is 2.82. The molecule has 104 valence electrons. The minimum Gasteiger partial charge on any atom is -0.484 e. The van der Waals surface area contributed by atoms with Crippen LogP contribution in [0.25, 0.3) is 0 Å². The van der Waals surface area contributed by atoms with Gasteiger partial charge in [-0.15, -0.1) is 0 Å². The molecule has 1 N–H and O–H groups in total. The monoisotopic (exact) mass is 400 g/mol. The molecule has 0 bridgehead atoms. The third-order valence-corrected chi connectivity index (χ3v) is 3.06. The lowest BCUT2D eigenvalue weighted by molar-refractivity contribution is -0.123. The van der Waals surface area contributed by atoms with Gasteiger partial charge in [0.1, 0.15) is 11.5 Å².